The Hall–Kier alpha value is -3.20. The fourth-order valence-electron chi connectivity index (χ4n) is 10.9. The molecule has 12 heteroatoms. The Morgan fingerprint density at radius 1 is 0.911 bits per heavy atom. The highest BCUT2D eigenvalue weighted by Gasteiger charge is 2.75. The van der Waals surface area contributed by atoms with E-state index in [2.05, 4.69) is 12.2 Å². The van der Waals surface area contributed by atoms with Crippen molar-refractivity contribution < 1.29 is 53.3 Å². The van der Waals surface area contributed by atoms with Crippen LogP contribution in [-0.2, 0) is 33.2 Å². The molecule has 2 bridgehead atoms. The number of esters is 1. The van der Waals surface area contributed by atoms with Gasteiger partial charge >= 0.3 is 5.97 Å². The van der Waals surface area contributed by atoms with Crippen LogP contribution in [0.4, 0.5) is 0 Å². The summed E-state index contributed by atoms with van der Waals surface area (Å²) in [5.74, 6) is -3.16. The summed E-state index contributed by atoms with van der Waals surface area (Å²) < 4.78 is 39.1. The molecule has 2 aromatic carbocycles. The number of carbonyl (C=O) groups is 2. The first-order valence-electron chi connectivity index (χ1n) is 20.2. The third kappa shape index (κ3) is 6.36. The Kier molecular flexibility index (Phi) is 10.1. The Bertz CT molecular complexity index is 1830. The molecule has 2 saturated carbocycles. The maximum absolute atomic E-state index is 14.3. The lowest BCUT2D eigenvalue weighted by molar-refractivity contribution is -0.364. The molecule has 2 aromatic rings. The number of ether oxygens (including phenoxy) is 6. The fourth-order valence-corrected chi connectivity index (χ4v) is 10.9. The number of hydrogen-bond donors (Lipinski definition) is 4. The van der Waals surface area contributed by atoms with Gasteiger partial charge in [-0.05, 0) is 81.7 Å². The van der Waals surface area contributed by atoms with Gasteiger partial charge in [-0.15, -0.1) is 0 Å². The number of fused-ring (bicyclic) bond motifs is 8. The molecule has 56 heavy (non-hydrogen) atoms. The molecular weight excluding hydrogens is 718 g/mol. The molecule has 3 aliphatic carbocycles. The molecule has 3 heterocycles. The van der Waals surface area contributed by atoms with Crippen molar-refractivity contribution in [1.82, 2.24) is 5.32 Å². The lowest BCUT2D eigenvalue weighted by Gasteiger charge is -2.68. The summed E-state index contributed by atoms with van der Waals surface area (Å²) in [6.07, 6.45) is -2.69. The molecule has 1 unspecified atom stereocenters. The molecule has 304 valence electrons. The zero-order chi connectivity index (χ0) is 39.8. The van der Waals surface area contributed by atoms with Crippen molar-refractivity contribution in [3.05, 3.63) is 82.9 Å². The number of aliphatic hydroxyl groups excluding tert-OH is 1. The van der Waals surface area contributed by atoms with Crippen LogP contribution in [0, 0.1) is 16.7 Å². The van der Waals surface area contributed by atoms with Gasteiger partial charge in [0.25, 0.3) is 5.91 Å². The molecule has 6 aliphatic rings. The maximum atomic E-state index is 14.3. The highest BCUT2D eigenvalue weighted by Crippen LogP contribution is 2.66. The normalized spacial score (nSPS) is 39.3. The first-order valence-corrected chi connectivity index (χ1v) is 20.2. The van der Waals surface area contributed by atoms with Crippen LogP contribution < -0.4 is 5.32 Å². The molecule has 0 spiro atoms. The van der Waals surface area contributed by atoms with E-state index in [-0.39, 0.29) is 13.0 Å². The van der Waals surface area contributed by atoms with E-state index in [1.165, 1.54) is 0 Å². The van der Waals surface area contributed by atoms with Gasteiger partial charge in [0.15, 0.2) is 18.2 Å². The third-order valence-electron chi connectivity index (χ3n) is 14.0. The van der Waals surface area contributed by atoms with E-state index < -0.39 is 94.6 Å². The number of aliphatic hydroxyl groups is 3. The predicted molar refractivity (Wildman–Crippen MR) is 203 cm³/mol. The molecule has 8 rings (SSSR count). The first-order chi connectivity index (χ1) is 26.5. The average molecular weight is 776 g/mol. The van der Waals surface area contributed by atoms with Crippen LogP contribution in [0.5, 0.6) is 0 Å². The Morgan fingerprint density at radius 3 is 2.25 bits per heavy atom. The van der Waals surface area contributed by atoms with Crippen molar-refractivity contribution in [3.63, 3.8) is 0 Å². The predicted octanol–water partition coefficient (Wildman–Crippen LogP) is 4.90. The average Bonchev–Trinajstić information content (AvgIpc) is 3.50. The van der Waals surface area contributed by atoms with Gasteiger partial charge in [0.1, 0.15) is 23.4 Å². The number of benzene rings is 2. The second-order valence-electron chi connectivity index (χ2n) is 18.1. The lowest BCUT2D eigenvalue weighted by atomic mass is 9.45. The van der Waals surface area contributed by atoms with E-state index in [0.29, 0.717) is 42.6 Å². The number of nitrogens with one attached hydrogen (secondary N) is 1. The molecule has 4 N–H and O–H groups in total. The number of amides is 1. The SMILES string of the molecule is CC1=C2[C@H]3OC(C)(C)O[C@@H]3[C@]3(C)CC[C@H]4OC[C@@]4(O)[C@H]3[C@H](OC3CCCCO3)[C@](O)(C[C@@H]1OC(=O)[C@H](O)[C@@H](NC(=O)c1ccccc1)c1ccccc1)C2(C)C. The largest absolute Gasteiger partial charge is 0.456 e. The molecule has 3 saturated heterocycles. The third-order valence-corrected chi connectivity index (χ3v) is 14.0. The molecule has 12 atom stereocenters. The number of rotatable bonds is 8. The van der Waals surface area contributed by atoms with Gasteiger partial charge in [-0.25, -0.2) is 4.79 Å². The van der Waals surface area contributed by atoms with E-state index in [9.17, 15) is 24.9 Å². The van der Waals surface area contributed by atoms with Gasteiger partial charge in [-0.3, -0.25) is 4.79 Å². The van der Waals surface area contributed by atoms with Gasteiger partial charge in [0, 0.05) is 35.3 Å². The minimum atomic E-state index is -1.81. The van der Waals surface area contributed by atoms with Crippen LogP contribution in [0.15, 0.2) is 71.8 Å². The molecule has 5 fully saturated rings. The van der Waals surface area contributed by atoms with Crippen molar-refractivity contribution >= 4 is 11.9 Å². The molecular formula is C44H57NO11. The molecule has 0 aromatic heterocycles. The summed E-state index contributed by atoms with van der Waals surface area (Å²) in [7, 11) is 0. The molecule has 1 amide bonds. The fraction of sp³-hybridized carbons (Fsp3) is 0.636. The smallest absolute Gasteiger partial charge is 0.338 e. The van der Waals surface area contributed by atoms with Crippen LogP contribution in [0.1, 0.15) is 102 Å². The van der Waals surface area contributed by atoms with Crippen LogP contribution in [0.25, 0.3) is 0 Å². The van der Waals surface area contributed by atoms with Gasteiger partial charge in [-0.1, -0.05) is 69.3 Å². The van der Waals surface area contributed by atoms with Crippen molar-refractivity contribution in [2.45, 2.75) is 146 Å². The summed E-state index contributed by atoms with van der Waals surface area (Å²) >= 11 is 0. The van der Waals surface area contributed by atoms with Crippen LogP contribution in [0.2, 0.25) is 0 Å². The molecule has 12 nitrogen and oxygen atoms in total. The highest BCUT2D eigenvalue weighted by atomic mass is 16.8. The first kappa shape index (κ1) is 39.6. The molecule has 3 aliphatic heterocycles. The van der Waals surface area contributed by atoms with Gasteiger partial charge in [0.05, 0.1) is 31.0 Å². The van der Waals surface area contributed by atoms with Crippen LogP contribution in [-0.4, -0.2) is 100 Å². The van der Waals surface area contributed by atoms with Gasteiger partial charge in [-0.2, -0.15) is 0 Å². The summed E-state index contributed by atoms with van der Waals surface area (Å²) in [6, 6.07) is 16.2. The zero-order valence-electron chi connectivity index (χ0n) is 33.2. The van der Waals surface area contributed by atoms with E-state index in [0.717, 1.165) is 18.4 Å². The lowest BCUT2D eigenvalue weighted by Crippen LogP contribution is -2.79. The standard InChI is InChI=1S/C44H57NO11/c1-25-28(53-39(48)33(46)32(26-15-9-7-10-16-26)45-38(47)27-17-11-8-12-18-27)23-44(50)37(54-30-19-13-14-22-51-30)35-42(6,21-20-29-43(35,49)24-52-29)36-34(31(25)40(44,2)3)55-41(4,5)56-36/h7-12,15-18,28-30,32-37,46,49-50H,13-14,19-24H2,1-6H3,(H,45,47)/t28-,29+,30?,32-,33+,34+,35-,36-,37-,42+,43-,44+/m0/s1. The van der Waals surface area contributed by atoms with Crippen molar-refractivity contribution in [3.8, 4) is 0 Å². The second kappa shape index (κ2) is 14.3. The quantitative estimate of drug-likeness (QED) is 0.213. The molecule has 0 radical (unpaired) electrons. The monoisotopic (exact) mass is 775 g/mol. The summed E-state index contributed by atoms with van der Waals surface area (Å²) in [5.41, 5.74) is -2.65. The maximum Gasteiger partial charge on any atom is 0.338 e. The van der Waals surface area contributed by atoms with Crippen molar-refractivity contribution in [1.29, 1.82) is 0 Å². The van der Waals surface area contributed by atoms with Crippen LogP contribution in [0.3, 0.4) is 0 Å². The minimum absolute atomic E-state index is 0.0728. The minimum Gasteiger partial charge on any atom is -0.456 e. The Labute approximate surface area is 328 Å². The highest BCUT2D eigenvalue weighted by molar-refractivity contribution is 5.95. The van der Waals surface area contributed by atoms with Gasteiger partial charge in [0.2, 0.25) is 0 Å². The van der Waals surface area contributed by atoms with Crippen LogP contribution >= 0.6 is 0 Å². The second-order valence-corrected chi connectivity index (χ2v) is 18.1. The summed E-state index contributed by atoms with van der Waals surface area (Å²) in [4.78, 5) is 27.7. The Balaban J connectivity index is 1.21. The van der Waals surface area contributed by atoms with E-state index in [1.807, 2.05) is 34.6 Å². The zero-order valence-corrected chi connectivity index (χ0v) is 33.2. The number of hydrogen-bond acceptors (Lipinski definition) is 11. The van der Waals surface area contributed by atoms with Crippen molar-refractivity contribution in [2.24, 2.45) is 16.7 Å². The Morgan fingerprint density at radius 2 is 1.61 bits per heavy atom. The van der Waals surface area contributed by atoms with E-state index >= 15 is 0 Å². The van der Waals surface area contributed by atoms with Gasteiger partial charge < -0.3 is 49.1 Å². The number of carbonyl (C=O) groups excluding carboxylic acids is 2. The summed E-state index contributed by atoms with van der Waals surface area (Å²) in [5, 5.41) is 41.0. The van der Waals surface area contributed by atoms with E-state index in [4.69, 9.17) is 28.4 Å². The van der Waals surface area contributed by atoms with Crippen molar-refractivity contribution in [2.75, 3.05) is 13.2 Å². The van der Waals surface area contributed by atoms with E-state index in [1.54, 1.807) is 60.7 Å². The summed E-state index contributed by atoms with van der Waals surface area (Å²) in [6.45, 7) is 12.2. The topological polar surface area (TPSA) is 162 Å².